The molecule has 8 nitrogen and oxygen atoms in total. The summed E-state index contributed by atoms with van der Waals surface area (Å²) < 4.78 is 99.5. The number of hydrogen-bond donors (Lipinski definition) is 2. The Morgan fingerprint density at radius 3 is 2.26 bits per heavy atom. The quantitative estimate of drug-likeness (QED) is 0.0835. The molecule has 16 heteroatoms. The minimum atomic E-state index is -5.18. The summed E-state index contributed by atoms with van der Waals surface area (Å²) in [7, 11) is 1.54. The fourth-order valence-corrected chi connectivity index (χ4v) is 7.99. The number of halogens is 7. The van der Waals surface area contributed by atoms with E-state index in [-0.39, 0.29) is 31.2 Å². The Kier molecular flexibility index (Phi) is 11.3. The number of rotatable bonds is 10. The zero-order valence-corrected chi connectivity index (χ0v) is 29.5. The number of methoxy groups -OCH3 is 2. The van der Waals surface area contributed by atoms with Crippen molar-refractivity contribution in [2.45, 2.75) is 63.8 Å². The Labute approximate surface area is 298 Å². The highest BCUT2D eigenvalue weighted by atomic mass is 127. The van der Waals surface area contributed by atoms with Crippen LogP contribution in [0.15, 0.2) is 47.1 Å². The number of ether oxygens (including phenoxy) is 2. The van der Waals surface area contributed by atoms with Crippen molar-refractivity contribution in [1.29, 1.82) is 0 Å². The molecule has 2 aromatic carbocycles. The number of hydrogen-bond acceptors (Lipinski definition) is 7. The monoisotopic (exact) mass is 821 g/mol. The van der Waals surface area contributed by atoms with E-state index in [0.29, 0.717) is 56.8 Å². The molecule has 2 heterocycles. The third kappa shape index (κ3) is 7.72. The summed E-state index contributed by atoms with van der Waals surface area (Å²) >= 11 is 2.01. The first kappa shape index (κ1) is 38.2. The van der Waals surface area contributed by atoms with Crippen LogP contribution in [0.1, 0.15) is 55.7 Å². The zero-order chi connectivity index (χ0) is 36.7. The van der Waals surface area contributed by atoms with Crippen LogP contribution in [0.3, 0.4) is 0 Å². The van der Waals surface area contributed by atoms with Gasteiger partial charge in [0.25, 0.3) is 0 Å². The highest BCUT2D eigenvalue weighted by Crippen LogP contribution is 2.52. The normalized spacial score (nSPS) is 23.1. The van der Waals surface area contributed by atoms with E-state index in [4.69, 9.17) is 14.1 Å². The van der Waals surface area contributed by atoms with Crippen molar-refractivity contribution >= 4 is 53.3 Å². The minimum absolute atomic E-state index is 0.0180. The third-order valence-corrected chi connectivity index (χ3v) is 10.2. The maximum atomic E-state index is 14.0. The predicted octanol–water partition coefficient (Wildman–Crippen LogP) is 7.65. The van der Waals surface area contributed by atoms with E-state index in [9.17, 15) is 46.1 Å². The van der Waals surface area contributed by atoms with Crippen LogP contribution in [0.2, 0.25) is 6.32 Å². The van der Waals surface area contributed by atoms with Crippen molar-refractivity contribution in [3.8, 4) is 11.5 Å². The Bertz CT molecular complexity index is 1680. The highest BCUT2D eigenvalue weighted by Gasteiger charge is 2.58. The van der Waals surface area contributed by atoms with Crippen LogP contribution in [0.25, 0.3) is 6.08 Å². The van der Waals surface area contributed by atoms with Crippen LogP contribution >= 0.6 is 22.6 Å². The summed E-state index contributed by atoms with van der Waals surface area (Å²) in [5.74, 6) is -4.50. The van der Waals surface area contributed by atoms with Gasteiger partial charge >= 0.3 is 19.5 Å². The van der Waals surface area contributed by atoms with Crippen LogP contribution < -0.4 is 9.64 Å². The van der Waals surface area contributed by atoms with E-state index in [1.165, 1.54) is 14.2 Å². The van der Waals surface area contributed by atoms with Crippen LogP contribution in [0.4, 0.5) is 32.0 Å². The second-order valence-corrected chi connectivity index (χ2v) is 13.8. The van der Waals surface area contributed by atoms with Gasteiger partial charge in [0, 0.05) is 7.11 Å². The van der Waals surface area contributed by atoms with Crippen LogP contribution in [0, 0.1) is 21.3 Å². The van der Waals surface area contributed by atoms with Crippen molar-refractivity contribution in [1.82, 2.24) is 0 Å². The zero-order valence-electron chi connectivity index (χ0n) is 27.3. The molecule has 1 aliphatic carbocycles. The van der Waals surface area contributed by atoms with Gasteiger partial charge in [-0.25, -0.2) is 4.90 Å². The number of benzene rings is 2. The first-order valence-electron chi connectivity index (χ1n) is 16.0. The lowest BCUT2D eigenvalue weighted by atomic mass is 9.58. The number of alkyl halides is 6. The molecular weight excluding hydrogens is 786 g/mol. The number of nitrogens with zero attached hydrogens (tertiary/aromatic N) is 1. The molecule has 2 aromatic rings. The molecule has 270 valence electrons. The van der Waals surface area contributed by atoms with Gasteiger partial charge in [-0.15, -0.1) is 0 Å². The molecule has 0 unspecified atom stereocenters. The Balaban J connectivity index is 1.49. The third-order valence-electron chi connectivity index (χ3n) is 9.40. The second kappa shape index (κ2) is 14.9. The summed E-state index contributed by atoms with van der Waals surface area (Å²) in [5.41, 5.74) is -0.985. The lowest BCUT2D eigenvalue weighted by Crippen LogP contribution is -2.46. The van der Waals surface area contributed by atoms with Crippen molar-refractivity contribution in [2.75, 3.05) is 25.7 Å². The van der Waals surface area contributed by atoms with Gasteiger partial charge in [0.1, 0.15) is 0 Å². The fourth-order valence-electron chi connectivity index (χ4n) is 7.37. The smallest absolute Gasteiger partial charge is 0.455 e. The first-order chi connectivity index (χ1) is 23.5. The number of imide groups is 1. The molecule has 2 amide bonds. The molecule has 0 bridgehead atoms. The van der Waals surface area contributed by atoms with Gasteiger partial charge in [-0.05, 0) is 108 Å². The van der Waals surface area contributed by atoms with Crippen molar-refractivity contribution in [3.63, 3.8) is 0 Å². The maximum absolute atomic E-state index is 14.0. The Morgan fingerprint density at radius 2 is 1.68 bits per heavy atom. The van der Waals surface area contributed by atoms with Gasteiger partial charge in [-0.1, -0.05) is 25.0 Å². The summed E-state index contributed by atoms with van der Waals surface area (Å²) in [5, 5.41) is 21.1. The summed E-state index contributed by atoms with van der Waals surface area (Å²) in [6.45, 7) is 2.06. The van der Waals surface area contributed by atoms with E-state index >= 15 is 0 Å². The first-order valence-corrected chi connectivity index (χ1v) is 17.0. The highest BCUT2D eigenvalue weighted by molar-refractivity contribution is 14.1. The average Bonchev–Trinajstić information content (AvgIpc) is 3.29. The van der Waals surface area contributed by atoms with Gasteiger partial charge in [0.2, 0.25) is 11.8 Å². The number of aromatic hydroxyl groups is 1. The molecule has 2 saturated heterocycles. The van der Waals surface area contributed by atoms with E-state index < -0.39 is 72.0 Å². The number of phenols is 1. The number of anilines is 1. The number of allylic oxidation sites excluding steroid dienone is 1. The largest absolute Gasteiger partial charge is 0.504 e. The predicted molar refractivity (Wildman–Crippen MR) is 180 cm³/mol. The summed E-state index contributed by atoms with van der Waals surface area (Å²) in [6, 6.07) is 4.21. The molecule has 0 aromatic heterocycles. The van der Waals surface area contributed by atoms with E-state index in [2.05, 4.69) is 0 Å². The number of carbonyl (C=O) groups excluding carboxylic acids is 2. The molecule has 5 rings (SSSR count). The second-order valence-electron chi connectivity index (χ2n) is 12.7. The molecule has 4 atom stereocenters. The van der Waals surface area contributed by atoms with Crippen LogP contribution in [-0.2, 0) is 31.3 Å². The molecule has 0 saturated carbocycles. The molecule has 2 N–H and O–H groups in total. The molecular formula is C34H35BF6INO7. The van der Waals surface area contributed by atoms with E-state index in [1.54, 1.807) is 6.07 Å². The van der Waals surface area contributed by atoms with E-state index in [0.717, 1.165) is 17.6 Å². The maximum Gasteiger partial charge on any atom is 0.455 e. The molecule has 2 aliphatic heterocycles. The summed E-state index contributed by atoms with van der Waals surface area (Å²) in [4.78, 5) is 28.2. The van der Waals surface area contributed by atoms with Crippen LogP contribution in [0.5, 0.6) is 11.5 Å². The van der Waals surface area contributed by atoms with Gasteiger partial charge in [0.05, 0.1) is 52.0 Å². The van der Waals surface area contributed by atoms with Crippen molar-refractivity contribution in [3.05, 3.63) is 67.3 Å². The van der Waals surface area contributed by atoms with Gasteiger partial charge in [-0.2, -0.15) is 26.3 Å². The average molecular weight is 821 g/mol. The number of fused-ring (bicyclic) bond motifs is 3. The molecule has 2 fully saturated rings. The van der Waals surface area contributed by atoms with Gasteiger partial charge < -0.3 is 24.3 Å². The number of amides is 2. The topological polar surface area (TPSA) is 106 Å². The van der Waals surface area contributed by atoms with E-state index in [1.807, 2.05) is 41.7 Å². The number of phenolic OH excluding ortho intramolecular Hbond substituents is 1. The SMILES string of the molecule is CCC/C(=C\c1cc(I)c(O)c(OC)c1)CC[C@H]1OB(O)C[C@H]2C1=C(COC)C[C@H]1C(=O)N(c3cc(C(F)(F)F)cc(C(F)(F)F)c3)C(=O)[C@H]12. The molecule has 0 spiro atoms. The standard InChI is InChI=1S/C34H35BF6INO7/c1-4-5-17(8-18-9-25(42)30(44)27(10-18)49-3)6-7-26-28-19(16-48-2)11-23-29(24(28)15-35(47)50-26)32(46)43(31(23)45)22-13-20(33(36,37)38)12-21(14-22)34(39,40)41/h8-10,12-14,23-24,26,29,44,47H,4-7,11,15-16H2,1-3H3/b17-8+/t23-,24+,26-,29-/m1/s1. The molecule has 50 heavy (non-hydrogen) atoms. The lowest BCUT2D eigenvalue weighted by molar-refractivity contribution is -0.143. The van der Waals surface area contributed by atoms with Crippen LogP contribution in [-0.4, -0.2) is 56.0 Å². The lowest BCUT2D eigenvalue weighted by Gasteiger charge is -2.43. The Morgan fingerprint density at radius 1 is 1.02 bits per heavy atom. The minimum Gasteiger partial charge on any atom is -0.504 e. The summed E-state index contributed by atoms with van der Waals surface area (Å²) in [6.07, 6.45) is -6.82. The van der Waals surface area contributed by atoms with Gasteiger partial charge in [-0.3, -0.25) is 9.59 Å². The van der Waals surface area contributed by atoms with Crippen molar-refractivity contribution in [2.24, 2.45) is 17.8 Å². The molecule has 3 aliphatic rings. The Hall–Kier alpha value is -3.09. The molecule has 0 radical (unpaired) electrons. The van der Waals surface area contributed by atoms with Crippen molar-refractivity contribution < 1.29 is 60.2 Å². The number of carbonyl (C=O) groups is 2. The fraction of sp³-hybridized carbons (Fsp3) is 0.471. The van der Waals surface area contributed by atoms with Gasteiger partial charge in [0.15, 0.2) is 11.5 Å².